The summed E-state index contributed by atoms with van der Waals surface area (Å²) in [6.45, 7) is 2.27. The van der Waals surface area contributed by atoms with Crippen molar-refractivity contribution in [1.82, 2.24) is 5.32 Å². The van der Waals surface area contributed by atoms with Crippen LogP contribution in [0.4, 0.5) is 0 Å². The number of hydrogen-bond acceptors (Lipinski definition) is 4. The van der Waals surface area contributed by atoms with Crippen molar-refractivity contribution >= 4 is 24.3 Å². The molecule has 0 saturated heterocycles. The summed E-state index contributed by atoms with van der Waals surface area (Å²) >= 11 is 0. The Morgan fingerprint density at radius 1 is 1.19 bits per heavy atom. The van der Waals surface area contributed by atoms with Gasteiger partial charge in [0.1, 0.15) is 0 Å². The maximum absolute atomic E-state index is 12.7. The number of ether oxygens (including phenoxy) is 1. The Morgan fingerprint density at radius 3 is 2.33 bits per heavy atom. The number of benzene rings is 1. The standard InChI is InChI=1S/C21H30N2O3.ClH/c1-13-6-8-14(9-7-13)18(21(25)26-2)12-23-20(24)17-10-15-4-3-5-16(11-17)19(15)22;/h6-9,15-19H,3-5,10-12,22H2,1-2H3,(H,23,24);1H. The highest BCUT2D eigenvalue weighted by molar-refractivity contribution is 5.85. The van der Waals surface area contributed by atoms with E-state index in [1.807, 2.05) is 31.2 Å². The zero-order valence-corrected chi connectivity index (χ0v) is 17.0. The zero-order valence-electron chi connectivity index (χ0n) is 16.1. The molecule has 3 N–H and O–H groups in total. The van der Waals surface area contributed by atoms with Crippen LogP contribution in [0.1, 0.15) is 49.1 Å². The minimum absolute atomic E-state index is 0. The van der Waals surface area contributed by atoms with Crippen LogP contribution >= 0.6 is 12.4 Å². The number of rotatable bonds is 5. The Kier molecular flexibility index (Phi) is 7.68. The fraction of sp³-hybridized carbons (Fsp3) is 0.619. The van der Waals surface area contributed by atoms with E-state index in [0.717, 1.165) is 36.8 Å². The first-order valence-corrected chi connectivity index (χ1v) is 9.67. The number of aryl methyl sites for hydroxylation is 1. The molecule has 1 amide bonds. The van der Waals surface area contributed by atoms with Crippen molar-refractivity contribution in [2.75, 3.05) is 13.7 Å². The van der Waals surface area contributed by atoms with Gasteiger partial charge in [0.25, 0.3) is 0 Å². The van der Waals surface area contributed by atoms with Crippen molar-refractivity contribution in [2.24, 2.45) is 23.5 Å². The number of esters is 1. The van der Waals surface area contributed by atoms with Crippen LogP contribution in [-0.2, 0) is 14.3 Å². The van der Waals surface area contributed by atoms with Crippen LogP contribution in [0.25, 0.3) is 0 Å². The second kappa shape index (κ2) is 9.56. The van der Waals surface area contributed by atoms with Crippen molar-refractivity contribution in [3.8, 4) is 0 Å². The molecule has 27 heavy (non-hydrogen) atoms. The van der Waals surface area contributed by atoms with Gasteiger partial charge < -0.3 is 15.8 Å². The van der Waals surface area contributed by atoms with E-state index in [1.165, 1.54) is 13.5 Å². The van der Waals surface area contributed by atoms with Gasteiger partial charge in [-0.15, -0.1) is 12.4 Å². The number of amides is 1. The van der Waals surface area contributed by atoms with Crippen LogP contribution in [-0.4, -0.2) is 31.6 Å². The smallest absolute Gasteiger partial charge is 0.314 e. The molecule has 6 heteroatoms. The Labute approximate surface area is 167 Å². The number of hydrogen-bond donors (Lipinski definition) is 2. The Hall–Kier alpha value is -1.59. The Balaban J connectivity index is 0.00000261. The summed E-state index contributed by atoms with van der Waals surface area (Å²) in [6, 6.07) is 8.04. The molecule has 2 bridgehead atoms. The molecule has 3 unspecified atom stereocenters. The molecule has 2 saturated carbocycles. The maximum atomic E-state index is 12.7. The second-order valence-electron chi connectivity index (χ2n) is 7.93. The van der Waals surface area contributed by atoms with Crippen LogP contribution in [0.2, 0.25) is 0 Å². The lowest BCUT2D eigenvalue weighted by atomic mass is 9.65. The van der Waals surface area contributed by atoms with Crippen molar-refractivity contribution in [3.05, 3.63) is 35.4 Å². The van der Waals surface area contributed by atoms with Crippen molar-refractivity contribution in [2.45, 2.75) is 51.0 Å². The predicted molar refractivity (Wildman–Crippen MR) is 108 cm³/mol. The fourth-order valence-electron chi connectivity index (χ4n) is 4.63. The normalized spacial score (nSPS) is 27.8. The lowest BCUT2D eigenvalue weighted by Gasteiger charge is -2.43. The summed E-state index contributed by atoms with van der Waals surface area (Å²) in [5.74, 6) is 0.196. The summed E-state index contributed by atoms with van der Waals surface area (Å²) in [5, 5.41) is 3.00. The van der Waals surface area contributed by atoms with Gasteiger partial charge in [0.15, 0.2) is 0 Å². The lowest BCUT2D eigenvalue weighted by Crippen LogP contribution is -2.49. The van der Waals surface area contributed by atoms with E-state index in [1.54, 1.807) is 0 Å². The molecule has 2 aliphatic rings. The van der Waals surface area contributed by atoms with Crippen LogP contribution in [0.3, 0.4) is 0 Å². The summed E-state index contributed by atoms with van der Waals surface area (Å²) in [5.41, 5.74) is 8.32. The summed E-state index contributed by atoms with van der Waals surface area (Å²) in [6.07, 6.45) is 5.24. The minimum atomic E-state index is -0.477. The number of nitrogens with two attached hydrogens (primary N) is 1. The maximum Gasteiger partial charge on any atom is 0.314 e. The van der Waals surface area contributed by atoms with Gasteiger partial charge in [0, 0.05) is 18.5 Å². The third-order valence-electron chi connectivity index (χ3n) is 6.23. The van der Waals surface area contributed by atoms with E-state index in [-0.39, 0.29) is 42.8 Å². The van der Waals surface area contributed by atoms with Gasteiger partial charge in [0.05, 0.1) is 13.0 Å². The molecule has 2 aliphatic carbocycles. The molecule has 5 nitrogen and oxygen atoms in total. The number of halogens is 1. The number of nitrogens with one attached hydrogen (secondary N) is 1. The highest BCUT2D eigenvalue weighted by Gasteiger charge is 2.40. The molecule has 2 fully saturated rings. The molecular weight excluding hydrogens is 364 g/mol. The molecule has 0 spiro atoms. The SMILES string of the molecule is COC(=O)C(CNC(=O)C1CC2CCCC(C1)C2N)c1ccc(C)cc1.Cl. The highest BCUT2D eigenvalue weighted by Crippen LogP contribution is 2.41. The highest BCUT2D eigenvalue weighted by atomic mass is 35.5. The minimum Gasteiger partial charge on any atom is -0.468 e. The first-order chi connectivity index (χ1) is 12.5. The van der Waals surface area contributed by atoms with E-state index in [0.29, 0.717) is 11.8 Å². The number of carbonyl (C=O) groups excluding carboxylic acids is 2. The van der Waals surface area contributed by atoms with Gasteiger partial charge in [0.2, 0.25) is 5.91 Å². The molecular formula is C21H31ClN2O3. The molecule has 0 aliphatic heterocycles. The third kappa shape index (κ3) is 5.02. The number of fused-ring (bicyclic) bond motifs is 2. The van der Waals surface area contributed by atoms with E-state index in [9.17, 15) is 9.59 Å². The number of methoxy groups -OCH3 is 1. The Morgan fingerprint density at radius 2 is 1.78 bits per heavy atom. The second-order valence-corrected chi connectivity index (χ2v) is 7.93. The average Bonchev–Trinajstić information content (AvgIpc) is 2.62. The molecule has 0 radical (unpaired) electrons. The van der Waals surface area contributed by atoms with Gasteiger partial charge in [-0.3, -0.25) is 9.59 Å². The van der Waals surface area contributed by atoms with E-state index < -0.39 is 5.92 Å². The van der Waals surface area contributed by atoms with Gasteiger partial charge in [-0.1, -0.05) is 36.2 Å². The van der Waals surface area contributed by atoms with Crippen LogP contribution in [0.5, 0.6) is 0 Å². The Bertz CT molecular complexity index is 635. The fourth-order valence-corrected chi connectivity index (χ4v) is 4.63. The van der Waals surface area contributed by atoms with Crippen LogP contribution in [0, 0.1) is 24.7 Å². The monoisotopic (exact) mass is 394 g/mol. The topological polar surface area (TPSA) is 81.4 Å². The molecule has 3 rings (SSSR count). The largest absolute Gasteiger partial charge is 0.468 e. The van der Waals surface area contributed by atoms with Gasteiger partial charge >= 0.3 is 5.97 Å². The van der Waals surface area contributed by atoms with Gasteiger partial charge in [-0.25, -0.2) is 0 Å². The van der Waals surface area contributed by atoms with Gasteiger partial charge in [-0.2, -0.15) is 0 Å². The molecule has 1 aromatic carbocycles. The molecule has 0 aromatic heterocycles. The zero-order chi connectivity index (χ0) is 18.7. The summed E-state index contributed by atoms with van der Waals surface area (Å²) < 4.78 is 4.94. The van der Waals surface area contributed by atoms with E-state index in [4.69, 9.17) is 10.5 Å². The lowest BCUT2D eigenvalue weighted by molar-refractivity contribution is -0.142. The van der Waals surface area contributed by atoms with Crippen molar-refractivity contribution < 1.29 is 14.3 Å². The molecule has 0 heterocycles. The third-order valence-corrected chi connectivity index (χ3v) is 6.23. The van der Waals surface area contributed by atoms with Crippen LogP contribution < -0.4 is 11.1 Å². The van der Waals surface area contributed by atoms with Gasteiger partial charge in [-0.05, 0) is 50.0 Å². The first kappa shape index (κ1) is 21.7. The summed E-state index contributed by atoms with van der Waals surface area (Å²) in [7, 11) is 1.38. The van der Waals surface area contributed by atoms with Crippen molar-refractivity contribution in [3.63, 3.8) is 0 Å². The van der Waals surface area contributed by atoms with Crippen LogP contribution in [0.15, 0.2) is 24.3 Å². The average molecular weight is 395 g/mol. The van der Waals surface area contributed by atoms with E-state index >= 15 is 0 Å². The predicted octanol–water partition coefficient (Wildman–Crippen LogP) is 2.94. The summed E-state index contributed by atoms with van der Waals surface area (Å²) in [4.78, 5) is 24.9. The van der Waals surface area contributed by atoms with E-state index in [2.05, 4.69) is 5.32 Å². The molecule has 150 valence electrons. The molecule has 3 atom stereocenters. The number of carbonyl (C=O) groups is 2. The first-order valence-electron chi connectivity index (χ1n) is 9.67. The molecule has 1 aromatic rings. The quantitative estimate of drug-likeness (QED) is 0.752. The van der Waals surface area contributed by atoms with Crippen molar-refractivity contribution in [1.29, 1.82) is 0 Å².